The molecule has 0 radical (unpaired) electrons. The fourth-order valence-corrected chi connectivity index (χ4v) is 3.52. The van der Waals surface area contributed by atoms with Crippen LogP contribution in [0.3, 0.4) is 0 Å². The van der Waals surface area contributed by atoms with Gasteiger partial charge in [-0.3, -0.25) is 4.79 Å². The van der Waals surface area contributed by atoms with E-state index in [-0.39, 0.29) is 29.5 Å². The number of benzene rings is 1. The highest BCUT2D eigenvalue weighted by atomic mass is 35.5. The maximum atomic E-state index is 12.9. The molecule has 0 aliphatic carbocycles. The summed E-state index contributed by atoms with van der Waals surface area (Å²) in [6.07, 6.45) is 0.767. The number of fused-ring (bicyclic) bond motifs is 1. The van der Waals surface area contributed by atoms with Crippen molar-refractivity contribution >= 4 is 28.6 Å². The lowest BCUT2D eigenvalue weighted by molar-refractivity contribution is -0.159. The van der Waals surface area contributed by atoms with Gasteiger partial charge in [0, 0.05) is 12.0 Å². The molecule has 1 heterocycles. The molecule has 1 aromatic heterocycles. The Hall–Kier alpha value is -2.12. The fourth-order valence-electron chi connectivity index (χ4n) is 3.33. The summed E-state index contributed by atoms with van der Waals surface area (Å²) in [6.45, 7) is 12.7. The third kappa shape index (κ3) is 7.51. The first-order valence-corrected chi connectivity index (χ1v) is 11.0. The van der Waals surface area contributed by atoms with Gasteiger partial charge in [0.25, 0.3) is 5.88 Å². The number of esters is 1. The predicted molar refractivity (Wildman–Crippen MR) is 123 cm³/mol. The largest absolute Gasteiger partial charge is 0.497 e. The average molecular weight is 452 g/mol. The molecular weight excluding hydrogens is 418 g/mol. The molecule has 1 aromatic carbocycles. The van der Waals surface area contributed by atoms with Crippen LogP contribution in [0, 0.1) is 11.8 Å². The molecule has 0 bridgehead atoms. The van der Waals surface area contributed by atoms with Gasteiger partial charge in [-0.1, -0.05) is 32.4 Å². The number of nitrogens with zero attached hydrogens (tertiary/aromatic N) is 2. The number of ether oxygens (including phenoxy) is 3. The van der Waals surface area contributed by atoms with Crippen molar-refractivity contribution in [2.75, 3.05) is 20.3 Å². The number of likely N-dealkylation sites (N-methyl/N-ethyl adjacent to an activating group) is 1. The van der Waals surface area contributed by atoms with Crippen molar-refractivity contribution in [2.24, 2.45) is 11.8 Å². The zero-order chi connectivity index (χ0) is 23.2. The molecule has 0 aliphatic heterocycles. The normalized spacial score (nSPS) is 13.8. The second-order valence-corrected chi connectivity index (χ2v) is 9.30. The van der Waals surface area contributed by atoms with Crippen LogP contribution in [0.25, 0.3) is 11.0 Å². The highest BCUT2D eigenvalue weighted by Gasteiger charge is 2.33. The van der Waals surface area contributed by atoms with Gasteiger partial charge in [0.2, 0.25) is 0 Å². The van der Waals surface area contributed by atoms with Crippen molar-refractivity contribution in [1.82, 2.24) is 15.3 Å². The van der Waals surface area contributed by atoms with E-state index >= 15 is 0 Å². The van der Waals surface area contributed by atoms with Crippen LogP contribution < -0.4 is 14.8 Å². The summed E-state index contributed by atoms with van der Waals surface area (Å²) < 4.78 is 16.9. The van der Waals surface area contributed by atoms with Gasteiger partial charge < -0.3 is 19.5 Å². The van der Waals surface area contributed by atoms with Gasteiger partial charge in [-0.25, -0.2) is 9.97 Å². The maximum absolute atomic E-state index is 12.9. The lowest BCUT2D eigenvalue weighted by Gasteiger charge is -2.30. The van der Waals surface area contributed by atoms with Crippen LogP contribution in [0.4, 0.5) is 0 Å². The molecule has 2 rings (SSSR count). The van der Waals surface area contributed by atoms with Gasteiger partial charge in [0.05, 0.1) is 24.8 Å². The molecule has 0 unspecified atom stereocenters. The van der Waals surface area contributed by atoms with Crippen molar-refractivity contribution in [1.29, 1.82) is 0 Å². The molecular formula is C23H34ClN3O4. The smallest absolute Gasteiger partial charge is 0.324 e. The van der Waals surface area contributed by atoms with Crippen molar-refractivity contribution in [3.63, 3.8) is 0 Å². The number of halogens is 1. The van der Waals surface area contributed by atoms with Crippen LogP contribution in [0.1, 0.15) is 48.0 Å². The van der Waals surface area contributed by atoms with E-state index in [1.165, 1.54) is 0 Å². The van der Waals surface area contributed by atoms with Gasteiger partial charge in [-0.05, 0) is 51.8 Å². The zero-order valence-corrected chi connectivity index (χ0v) is 20.2. The Morgan fingerprint density at radius 1 is 1.19 bits per heavy atom. The number of carbonyl (C=O) groups is 1. The third-order valence-electron chi connectivity index (χ3n) is 4.56. The number of rotatable bonds is 10. The monoisotopic (exact) mass is 451 g/mol. The molecule has 0 aliphatic rings. The quantitative estimate of drug-likeness (QED) is 0.526. The number of hydrogen-bond donors (Lipinski definition) is 1. The average Bonchev–Trinajstić information content (AvgIpc) is 2.67. The maximum Gasteiger partial charge on any atom is 0.324 e. The molecule has 2 aromatic rings. The number of aromatic nitrogens is 2. The number of nitrogens with one attached hydrogen (secondary N) is 1. The van der Waals surface area contributed by atoms with E-state index in [0.717, 1.165) is 6.42 Å². The highest BCUT2D eigenvalue weighted by molar-refractivity contribution is 6.31. The Bertz CT molecular complexity index is 883. The van der Waals surface area contributed by atoms with Crippen LogP contribution in [0.2, 0.25) is 5.15 Å². The van der Waals surface area contributed by atoms with E-state index in [1.54, 1.807) is 25.3 Å². The first-order chi connectivity index (χ1) is 14.5. The molecule has 0 saturated carbocycles. The minimum atomic E-state index is -0.569. The van der Waals surface area contributed by atoms with E-state index < -0.39 is 11.6 Å². The van der Waals surface area contributed by atoms with Crippen molar-refractivity contribution < 1.29 is 19.0 Å². The molecule has 0 saturated heterocycles. The molecule has 0 fully saturated rings. The van der Waals surface area contributed by atoms with Crippen LogP contribution in [0.5, 0.6) is 11.6 Å². The van der Waals surface area contributed by atoms with E-state index in [0.29, 0.717) is 29.2 Å². The Morgan fingerprint density at radius 3 is 2.48 bits per heavy atom. The SMILES string of the molecule is CCN[C@H](C(=O)OC(C)(C)C)[C@@H](COc1nc2cc(OC)ccc2nc1Cl)CC(C)C. The first kappa shape index (κ1) is 25.1. The van der Waals surface area contributed by atoms with Crippen LogP contribution in [-0.2, 0) is 9.53 Å². The Kier molecular flexibility index (Phi) is 8.89. The molecule has 0 spiro atoms. The summed E-state index contributed by atoms with van der Waals surface area (Å²) in [6, 6.07) is 4.87. The molecule has 1 N–H and O–H groups in total. The standard InChI is InChI=1S/C23H34ClN3O4/c1-8-25-19(22(28)31-23(4,5)6)15(11-14(2)3)13-30-21-20(24)26-17-10-9-16(29-7)12-18(17)27-21/h9-10,12,14-15,19,25H,8,11,13H2,1-7H3/t15-,19+/m1/s1. The summed E-state index contributed by atoms with van der Waals surface area (Å²) in [5.41, 5.74) is 0.700. The Morgan fingerprint density at radius 2 is 1.90 bits per heavy atom. The Balaban J connectivity index is 2.26. The van der Waals surface area contributed by atoms with Gasteiger partial charge in [-0.15, -0.1) is 0 Å². The minimum absolute atomic E-state index is 0.131. The van der Waals surface area contributed by atoms with Gasteiger partial charge >= 0.3 is 5.97 Å². The topological polar surface area (TPSA) is 82.6 Å². The predicted octanol–water partition coefficient (Wildman–Crippen LogP) is 4.65. The summed E-state index contributed by atoms with van der Waals surface area (Å²) in [4.78, 5) is 21.8. The van der Waals surface area contributed by atoms with Crippen LogP contribution in [-0.4, -0.2) is 47.8 Å². The molecule has 7 nitrogen and oxygen atoms in total. The van der Waals surface area contributed by atoms with Gasteiger partial charge in [-0.2, -0.15) is 0 Å². The molecule has 8 heteroatoms. The van der Waals surface area contributed by atoms with Crippen molar-refractivity contribution in [3.05, 3.63) is 23.4 Å². The van der Waals surface area contributed by atoms with Gasteiger partial charge in [0.1, 0.15) is 17.4 Å². The van der Waals surface area contributed by atoms with Gasteiger partial charge in [0.15, 0.2) is 5.15 Å². The lowest BCUT2D eigenvalue weighted by atomic mass is 9.90. The molecule has 172 valence electrons. The van der Waals surface area contributed by atoms with E-state index in [1.807, 2.05) is 27.7 Å². The molecule has 2 atom stereocenters. The summed E-state index contributed by atoms with van der Waals surface area (Å²) >= 11 is 6.32. The Labute approximate surface area is 189 Å². The second-order valence-electron chi connectivity index (χ2n) is 8.94. The fraction of sp³-hybridized carbons (Fsp3) is 0.609. The van der Waals surface area contributed by atoms with Crippen molar-refractivity contribution in [3.8, 4) is 11.6 Å². The summed E-state index contributed by atoms with van der Waals surface area (Å²) in [5, 5.41) is 3.44. The second kappa shape index (κ2) is 11.0. The van der Waals surface area contributed by atoms with E-state index in [9.17, 15) is 4.79 Å². The number of methoxy groups -OCH3 is 1. The van der Waals surface area contributed by atoms with Crippen LogP contribution in [0.15, 0.2) is 18.2 Å². The van der Waals surface area contributed by atoms with Crippen LogP contribution >= 0.6 is 11.6 Å². The summed E-state index contributed by atoms with van der Waals surface area (Å²) in [5.74, 6) is 0.845. The lowest BCUT2D eigenvalue weighted by Crippen LogP contribution is -2.48. The molecule has 31 heavy (non-hydrogen) atoms. The highest BCUT2D eigenvalue weighted by Crippen LogP contribution is 2.27. The van der Waals surface area contributed by atoms with E-state index in [2.05, 4.69) is 29.1 Å². The van der Waals surface area contributed by atoms with Crippen molar-refractivity contribution in [2.45, 2.75) is 59.6 Å². The van der Waals surface area contributed by atoms with E-state index in [4.69, 9.17) is 25.8 Å². The molecule has 0 amide bonds. The first-order valence-electron chi connectivity index (χ1n) is 10.6. The third-order valence-corrected chi connectivity index (χ3v) is 4.81. The number of hydrogen-bond acceptors (Lipinski definition) is 7. The number of carbonyl (C=O) groups excluding carboxylic acids is 1. The zero-order valence-electron chi connectivity index (χ0n) is 19.5. The minimum Gasteiger partial charge on any atom is -0.497 e. The summed E-state index contributed by atoms with van der Waals surface area (Å²) in [7, 11) is 1.59.